The molecule has 0 unspecified atom stereocenters. The van der Waals surface area contributed by atoms with Crippen molar-refractivity contribution in [2.45, 2.75) is 38.5 Å². The summed E-state index contributed by atoms with van der Waals surface area (Å²) in [5.74, 6) is -0.327. The molecule has 7 heteroatoms. The Hall–Kier alpha value is -1.89. The van der Waals surface area contributed by atoms with Gasteiger partial charge in [0.25, 0.3) is 11.1 Å². The number of ether oxygens (including phenoxy) is 1. The number of carbonyl (C=O) groups is 1. The average molecular weight is 267 g/mol. The molecule has 1 aromatic rings. The summed E-state index contributed by atoms with van der Waals surface area (Å²) in [6, 6.07) is 2.16. The number of rotatable bonds is 4. The van der Waals surface area contributed by atoms with Gasteiger partial charge in [-0.05, 0) is 19.8 Å². The Balaban J connectivity index is 1.95. The van der Waals surface area contributed by atoms with Crippen LogP contribution in [0.25, 0.3) is 0 Å². The minimum atomic E-state index is -0.417. The van der Waals surface area contributed by atoms with Crippen molar-refractivity contribution in [1.29, 1.82) is 0 Å². The van der Waals surface area contributed by atoms with E-state index in [2.05, 4.69) is 10.4 Å². The lowest BCUT2D eigenvalue weighted by molar-refractivity contribution is -0.123. The zero-order valence-corrected chi connectivity index (χ0v) is 10.7. The summed E-state index contributed by atoms with van der Waals surface area (Å²) >= 11 is 0. The summed E-state index contributed by atoms with van der Waals surface area (Å²) in [6.45, 7) is 2.38. The van der Waals surface area contributed by atoms with Gasteiger partial charge in [-0.15, -0.1) is 0 Å². The van der Waals surface area contributed by atoms with Gasteiger partial charge in [-0.25, -0.2) is 4.68 Å². The van der Waals surface area contributed by atoms with Crippen molar-refractivity contribution in [2.24, 2.45) is 0 Å². The quantitative estimate of drug-likeness (QED) is 0.748. The van der Waals surface area contributed by atoms with Crippen molar-refractivity contribution in [3.05, 3.63) is 32.8 Å². The Bertz CT molecular complexity index is 557. The van der Waals surface area contributed by atoms with Gasteiger partial charge >= 0.3 is 0 Å². The Labute approximate surface area is 109 Å². The first kappa shape index (κ1) is 13.5. The van der Waals surface area contributed by atoms with Gasteiger partial charge in [0.05, 0.1) is 12.1 Å². The Morgan fingerprint density at radius 2 is 2.37 bits per heavy atom. The third kappa shape index (κ3) is 3.54. The highest BCUT2D eigenvalue weighted by atomic mass is 16.5. The van der Waals surface area contributed by atoms with Gasteiger partial charge in [0.15, 0.2) is 0 Å². The lowest BCUT2D eigenvalue weighted by Crippen LogP contribution is -2.44. The van der Waals surface area contributed by atoms with E-state index in [4.69, 9.17) is 4.74 Å². The van der Waals surface area contributed by atoms with E-state index in [0.29, 0.717) is 0 Å². The second-order valence-corrected chi connectivity index (χ2v) is 4.64. The molecule has 1 saturated heterocycles. The SMILES string of the molecule is C[C@@H](NC(=O)Cn1[nH]c(=O)ccc1=O)[C@H]1CCCO1. The minimum Gasteiger partial charge on any atom is -0.376 e. The second-order valence-electron chi connectivity index (χ2n) is 4.64. The van der Waals surface area contributed by atoms with E-state index in [1.165, 1.54) is 0 Å². The molecule has 1 aromatic heterocycles. The van der Waals surface area contributed by atoms with Gasteiger partial charge in [-0.2, -0.15) is 0 Å². The molecule has 0 spiro atoms. The van der Waals surface area contributed by atoms with Crippen LogP contribution in [0.3, 0.4) is 0 Å². The summed E-state index contributed by atoms with van der Waals surface area (Å²) in [5.41, 5.74) is -0.834. The highest BCUT2D eigenvalue weighted by Gasteiger charge is 2.23. The van der Waals surface area contributed by atoms with E-state index < -0.39 is 11.1 Å². The Morgan fingerprint density at radius 1 is 1.58 bits per heavy atom. The summed E-state index contributed by atoms with van der Waals surface area (Å²) < 4.78 is 6.45. The fraction of sp³-hybridized carbons (Fsp3) is 0.583. The molecule has 7 nitrogen and oxygen atoms in total. The van der Waals surface area contributed by atoms with E-state index in [9.17, 15) is 14.4 Å². The zero-order chi connectivity index (χ0) is 13.8. The number of hydrogen-bond donors (Lipinski definition) is 2. The molecule has 2 atom stereocenters. The van der Waals surface area contributed by atoms with Crippen molar-refractivity contribution in [1.82, 2.24) is 15.1 Å². The zero-order valence-electron chi connectivity index (χ0n) is 10.7. The number of nitrogens with one attached hydrogen (secondary N) is 2. The van der Waals surface area contributed by atoms with Crippen molar-refractivity contribution < 1.29 is 9.53 Å². The van der Waals surface area contributed by atoms with Gasteiger partial charge < -0.3 is 10.1 Å². The van der Waals surface area contributed by atoms with Crippen LogP contribution < -0.4 is 16.4 Å². The van der Waals surface area contributed by atoms with Crippen LogP contribution in [0.5, 0.6) is 0 Å². The smallest absolute Gasteiger partial charge is 0.265 e. The molecule has 104 valence electrons. The molecule has 0 aliphatic carbocycles. The molecule has 1 aliphatic rings. The molecular weight excluding hydrogens is 250 g/mol. The van der Waals surface area contributed by atoms with E-state index in [0.717, 1.165) is 36.3 Å². The predicted molar refractivity (Wildman–Crippen MR) is 67.9 cm³/mol. The van der Waals surface area contributed by atoms with E-state index in [-0.39, 0.29) is 24.6 Å². The number of hydrogen-bond acceptors (Lipinski definition) is 4. The maximum absolute atomic E-state index is 11.8. The Morgan fingerprint density at radius 3 is 3.05 bits per heavy atom. The first-order chi connectivity index (χ1) is 9.06. The molecule has 1 aliphatic heterocycles. The van der Waals surface area contributed by atoms with Gasteiger partial charge in [0, 0.05) is 18.7 Å². The van der Waals surface area contributed by atoms with Crippen LogP contribution in [0.15, 0.2) is 21.7 Å². The normalized spacial score (nSPS) is 20.2. The fourth-order valence-electron chi connectivity index (χ4n) is 2.11. The number of amides is 1. The monoisotopic (exact) mass is 267 g/mol. The van der Waals surface area contributed by atoms with Crippen LogP contribution in [-0.4, -0.2) is 34.4 Å². The fourth-order valence-corrected chi connectivity index (χ4v) is 2.11. The van der Waals surface area contributed by atoms with Crippen molar-refractivity contribution in [2.75, 3.05) is 6.61 Å². The lowest BCUT2D eigenvalue weighted by Gasteiger charge is -2.20. The van der Waals surface area contributed by atoms with E-state index in [1.807, 2.05) is 6.92 Å². The summed E-state index contributed by atoms with van der Waals surface area (Å²) in [4.78, 5) is 34.3. The molecule has 2 rings (SSSR count). The number of H-pyrrole nitrogens is 1. The highest BCUT2D eigenvalue weighted by molar-refractivity contribution is 5.75. The van der Waals surface area contributed by atoms with Gasteiger partial charge in [-0.3, -0.25) is 19.5 Å². The summed E-state index contributed by atoms with van der Waals surface area (Å²) in [5, 5.41) is 5.08. The molecule has 1 amide bonds. The average Bonchev–Trinajstić information content (AvgIpc) is 2.87. The third-order valence-corrected chi connectivity index (χ3v) is 3.10. The standard InChI is InChI=1S/C12H17N3O4/c1-8(9-3-2-6-19-9)13-11(17)7-15-12(18)5-4-10(16)14-15/h4-5,8-9H,2-3,6-7H2,1H3,(H,13,17)(H,14,16)/t8-,9-/m1/s1. The van der Waals surface area contributed by atoms with Gasteiger partial charge in [0.1, 0.15) is 6.54 Å². The summed E-state index contributed by atoms with van der Waals surface area (Å²) in [7, 11) is 0. The van der Waals surface area contributed by atoms with Crippen LogP contribution in [0.2, 0.25) is 0 Å². The minimum absolute atomic E-state index is 0.0236. The number of aromatic amines is 1. The molecule has 19 heavy (non-hydrogen) atoms. The molecule has 0 saturated carbocycles. The summed E-state index contributed by atoms with van der Waals surface area (Å²) in [6.07, 6.45) is 1.94. The number of nitrogens with zero attached hydrogens (tertiary/aromatic N) is 1. The van der Waals surface area contributed by atoms with Crippen LogP contribution >= 0.6 is 0 Å². The number of carbonyl (C=O) groups excluding carboxylic acids is 1. The van der Waals surface area contributed by atoms with Gasteiger partial charge in [-0.1, -0.05) is 0 Å². The second kappa shape index (κ2) is 5.83. The molecule has 2 N–H and O–H groups in total. The topological polar surface area (TPSA) is 93.2 Å². The Kier molecular flexibility index (Phi) is 4.16. The van der Waals surface area contributed by atoms with Gasteiger partial charge in [0.2, 0.25) is 5.91 Å². The third-order valence-electron chi connectivity index (χ3n) is 3.10. The highest BCUT2D eigenvalue weighted by Crippen LogP contribution is 2.15. The predicted octanol–water partition coefficient (Wildman–Crippen LogP) is -0.780. The van der Waals surface area contributed by atoms with Crippen LogP contribution in [0.1, 0.15) is 19.8 Å². The first-order valence-corrected chi connectivity index (χ1v) is 6.27. The van der Waals surface area contributed by atoms with Crippen LogP contribution in [0, 0.1) is 0 Å². The lowest BCUT2D eigenvalue weighted by atomic mass is 10.1. The number of aromatic nitrogens is 2. The van der Waals surface area contributed by atoms with E-state index >= 15 is 0 Å². The van der Waals surface area contributed by atoms with Crippen LogP contribution in [0.4, 0.5) is 0 Å². The molecule has 0 aromatic carbocycles. The molecule has 1 fully saturated rings. The maximum atomic E-state index is 11.8. The molecular formula is C12H17N3O4. The maximum Gasteiger partial charge on any atom is 0.265 e. The van der Waals surface area contributed by atoms with Crippen molar-refractivity contribution in [3.63, 3.8) is 0 Å². The molecule has 0 radical (unpaired) electrons. The van der Waals surface area contributed by atoms with Crippen LogP contribution in [-0.2, 0) is 16.1 Å². The van der Waals surface area contributed by atoms with E-state index in [1.54, 1.807) is 0 Å². The first-order valence-electron chi connectivity index (χ1n) is 6.27. The van der Waals surface area contributed by atoms with Crippen molar-refractivity contribution >= 4 is 5.91 Å². The molecule has 2 heterocycles. The van der Waals surface area contributed by atoms with Crippen molar-refractivity contribution in [3.8, 4) is 0 Å². The largest absolute Gasteiger partial charge is 0.376 e. The molecule has 0 bridgehead atoms.